The molecule has 9 nitrogen and oxygen atoms in total. The molecule has 1 aromatic carbocycles. The Morgan fingerprint density at radius 2 is 1.83 bits per heavy atom. The lowest BCUT2D eigenvalue weighted by Crippen LogP contribution is -2.32. The maximum atomic E-state index is 13.4. The molecule has 0 spiro atoms. The van der Waals surface area contributed by atoms with Crippen molar-refractivity contribution in [2.75, 3.05) is 25.1 Å². The number of aromatic nitrogens is 1. The quantitative estimate of drug-likeness (QED) is 0.455. The highest BCUT2D eigenvalue weighted by molar-refractivity contribution is 7.92. The Labute approximate surface area is 215 Å². The van der Waals surface area contributed by atoms with Crippen LogP contribution in [-0.4, -0.2) is 56.5 Å². The van der Waals surface area contributed by atoms with Crippen molar-refractivity contribution in [2.45, 2.75) is 74.2 Å². The lowest BCUT2D eigenvalue weighted by atomic mass is 9.90. The number of carbonyl (C=O) groups is 2. The predicted octanol–water partition coefficient (Wildman–Crippen LogP) is 3.80. The molecule has 196 valence electrons. The van der Waals surface area contributed by atoms with E-state index >= 15 is 0 Å². The van der Waals surface area contributed by atoms with Gasteiger partial charge in [-0.05, 0) is 64.2 Å². The number of benzene rings is 1. The van der Waals surface area contributed by atoms with Gasteiger partial charge in [-0.25, -0.2) is 13.4 Å². The fourth-order valence-corrected chi connectivity index (χ4v) is 6.44. The SMILES string of the molecule is CCOC(=O)C(C)(C)c1csc(NC(=O)C(OC2CCOCC2)c2ccc(S(=O)(=O)C3CC3)cc2)n1. The number of esters is 1. The molecule has 1 aliphatic carbocycles. The van der Waals surface area contributed by atoms with E-state index in [-0.39, 0.29) is 22.9 Å². The van der Waals surface area contributed by atoms with Crippen LogP contribution in [0.5, 0.6) is 0 Å². The first-order chi connectivity index (χ1) is 17.1. The average molecular weight is 537 g/mol. The molecule has 11 heteroatoms. The number of nitrogens with one attached hydrogen (secondary N) is 1. The molecule has 1 saturated heterocycles. The smallest absolute Gasteiger partial charge is 0.317 e. The van der Waals surface area contributed by atoms with Gasteiger partial charge in [-0.3, -0.25) is 14.9 Å². The molecule has 4 rings (SSSR count). The van der Waals surface area contributed by atoms with Gasteiger partial charge in [0.25, 0.3) is 5.91 Å². The highest BCUT2D eigenvalue weighted by Crippen LogP contribution is 2.35. The summed E-state index contributed by atoms with van der Waals surface area (Å²) in [4.78, 5) is 30.4. The molecule has 36 heavy (non-hydrogen) atoms. The van der Waals surface area contributed by atoms with Gasteiger partial charge in [0, 0.05) is 18.6 Å². The zero-order valence-corrected chi connectivity index (χ0v) is 22.3. The molecule has 1 saturated carbocycles. The molecule has 1 aliphatic heterocycles. The minimum atomic E-state index is -3.33. The highest BCUT2D eigenvalue weighted by Gasteiger charge is 2.37. The van der Waals surface area contributed by atoms with Crippen LogP contribution in [0.3, 0.4) is 0 Å². The van der Waals surface area contributed by atoms with Gasteiger partial charge in [0.15, 0.2) is 21.1 Å². The van der Waals surface area contributed by atoms with Crippen molar-refractivity contribution in [3.8, 4) is 0 Å². The number of amides is 1. The van der Waals surface area contributed by atoms with E-state index in [1.54, 1.807) is 50.4 Å². The Balaban J connectivity index is 1.53. The Bertz CT molecular complexity index is 1180. The van der Waals surface area contributed by atoms with Crippen LogP contribution in [0.15, 0.2) is 34.5 Å². The third kappa shape index (κ3) is 5.96. The van der Waals surface area contributed by atoms with Gasteiger partial charge in [-0.2, -0.15) is 0 Å². The molecule has 2 aliphatic rings. The highest BCUT2D eigenvalue weighted by atomic mass is 32.2. The molecule has 2 aromatic rings. The number of carbonyl (C=O) groups excluding carboxylic acids is 2. The summed E-state index contributed by atoms with van der Waals surface area (Å²) in [6, 6.07) is 6.35. The molecule has 1 aromatic heterocycles. The third-order valence-corrected chi connectivity index (χ3v) is 9.41. The molecule has 1 unspecified atom stereocenters. The van der Waals surface area contributed by atoms with Crippen molar-refractivity contribution in [3.63, 3.8) is 0 Å². The first-order valence-corrected chi connectivity index (χ1v) is 14.6. The number of nitrogens with zero attached hydrogens (tertiary/aromatic N) is 1. The summed E-state index contributed by atoms with van der Waals surface area (Å²) in [5.74, 6) is -0.815. The van der Waals surface area contributed by atoms with Crippen LogP contribution in [-0.2, 0) is 39.1 Å². The summed E-state index contributed by atoms with van der Waals surface area (Å²) in [5, 5.41) is 4.56. The maximum Gasteiger partial charge on any atom is 0.317 e. The second kappa shape index (κ2) is 11.0. The standard InChI is InChI=1S/C25H32N2O7S2/c1-4-33-23(29)25(2,3)20-15-35-24(26-20)27-22(28)21(34-17-11-13-32-14-12-17)16-5-7-18(8-6-16)36(30,31)19-9-10-19/h5-8,15,17,19,21H,4,9-14H2,1-3H3,(H,26,27,28). The molecule has 2 fully saturated rings. The zero-order chi connectivity index (χ0) is 25.9. The van der Waals surface area contributed by atoms with E-state index in [0.29, 0.717) is 55.3 Å². The van der Waals surface area contributed by atoms with E-state index < -0.39 is 33.2 Å². The van der Waals surface area contributed by atoms with E-state index in [9.17, 15) is 18.0 Å². The molecule has 1 N–H and O–H groups in total. The van der Waals surface area contributed by atoms with Gasteiger partial charge in [-0.1, -0.05) is 12.1 Å². The Morgan fingerprint density at radius 3 is 2.44 bits per heavy atom. The van der Waals surface area contributed by atoms with Crippen molar-refractivity contribution in [1.82, 2.24) is 4.98 Å². The van der Waals surface area contributed by atoms with E-state index in [1.807, 2.05) is 0 Å². The van der Waals surface area contributed by atoms with Crippen molar-refractivity contribution in [2.24, 2.45) is 0 Å². The summed E-state index contributed by atoms with van der Waals surface area (Å²) in [6.07, 6.45) is 1.56. The maximum absolute atomic E-state index is 13.4. The lowest BCUT2D eigenvalue weighted by Gasteiger charge is -2.27. The summed E-state index contributed by atoms with van der Waals surface area (Å²) in [7, 11) is -3.33. The van der Waals surface area contributed by atoms with E-state index in [0.717, 1.165) is 0 Å². The van der Waals surface area contributed by atoms with Crippen molar-refractivity contribution >= 4 is 38.2 Å². The van der Waals surface area contributed by atoms with Gasteiger partial charge in [0.2, 0.25) is 0 Å². The normalized spacial score (nSPS) is 18.0. The van der Waals surface area contributed by atoms with E-state index in [4.69, 9.17) is 14.2 Å². The molecule has 2 heterocycles. The fraction of sp³-hybridized carbons (Fsp3) is 0.560. The monoisotopic (exact) mass is 536 g/mol. The number of sulfone groups is 1. The van der Waals surface area contributed by atoms with E-state index in [2.05, 4.69) is 10.3 Å². The van der Waals surface area contributed by atoms with Gasteiger partial charge < -0.3 is 14.2 Å². The molecule has 1 amide bonds. The van der Waals surface area contributed by atoms with Crippen LogP contribution in [0.25, 0.3) is 0 Å². The first-order valence-electron chi connectivity index (χ1n) is 12.1. The minimum Gasteiger partial charge on any atom is -0.465 e. The van der Waals surface area contributed by atoms with Crippen LogP contribution in [0.1, 0.15) is 63.8 Å². The van der Waals surface area contributed by atoms with Crippen molar-refractivity contribution in [3.05, 3.63) is 40.9 Å². The Morgan fingerprint density at radius 1 is 1.17 bits per heavy atom. The number of hydrogen-bond donors (Lipinski definition) is 1. The number of thiazole rings is 1. The average Bonchev–Trinajstić information content (AvgIpc) is 3.63. The van der Waals surface area contributed by atoms with Gasteiger partial charge in [0.05, 0.1) is 28.6 Å². The van der Waals surface area contributed by atoms with Gasteiger partial charge in [-0.15, -0.1) is 11.3 Å². The number of ether oxygens (including phenoxy) is 3. The second-order valence-corrected chi connectivity index (χ2v) is 12.6. The summed E-state index contributed by atoms with van der Waals surface area (Å²) in [5.41, 5.74) is 0.0891. The van der Waals surface area contributed by atoms with Crippen molar-refractivity contribution < 1.29 is 32.2 Å². The van der Waals surface area contributed by atoms with Crippen LogP contribution < -0.4 is 5.32 Å². The molecule has 0 bridgehead atoms. The van der Waals surface area contributed by atoms with Crippen LogP contribution >= 0.6 is 11.3 Å². The Hall–Kier alpha value is -2.34. The predicted molar refractivity (Wildman–Crippen MR) is 135 cm³/mol. The first kappa shape index (κ1) is 26.7. The summed E-state index contributed by atoms with van der Waals surface area (Å²) in [6.45, 7) is 6.56. The van der Waals surface area contributed by atoms with Crippen LogP contribution in [0.4, 0.5) is 5.13 Å². The topological polar surface area (TPSA) is 121 Å². The molecule has 0 radical (unpaired) electrons. The van der Waals surface area contributed by atoms with Crippen molar-refractivity contribution in [1.29, 1.82) is 0 Å². The number of rotatable bonds is 10. The van der Waals surface area contributed by atoms with Crippen LogP contribution in [0, 0.1) is 0 Å². The Kier molecular flexibility index (Phi) is 8.13. The molecular weight excluding hydrogens is 504 g/mol. The number of anilines is 1. The summed E-state index contributed by atoms with van der Waals surface area (Å²) < 4.78 is 41.9. The summed E-state index contributed by atoms with van der Waals surface area (Å²) >= 11 is 1.21. The van der Waals surface area contributed by atoms with Gasteiger partial charge >= 0.3 is 5.97 Å². The zero-order valence-electron chi connectivity index (χ0n) is 20.7. The third-order valence-electron chi connectivity index (χ3n) is 6.37. The van der Waals surface area contributed by atoms with Crippen LogP contribution in [0.2, 0.25) is 0 Å². The fourth-order valence-electron chi connectivity index (χ4n) is 3.90. The minimum absolute atomic E-state index is 0.168. The van der Waals surface area contributed by atoms with Gasteiger partial charge in [0.1, 0.15) is 5.41 Å². The van der Waals surface area contributed by atoms with E-state index in [1.165, 1.54) is 11.3 Å². The second-order valence-electron chi connectivity index (χ2n) is 9.51. The molecule has 1 atom stereocenters. The number of hydrogen-bond acceptors (Lipinski definition) is 9. The molecular formula is C25H32N2O7S2. The largest absolute Gasteiger partial charge is 0.465 e. The lowest BCUT2D eigenvalue weighted by molar-refractivity contribution is -0.148.